The number of nitriles is 1. The van der Waals surface area contributed by atoms with Crippen LogP contribution in [-0.2, 0) is 11.3 Å². The number of carbonyl (C=O) groups excluding carboxylic acids is 3. The van der Waals surface area contributed by atoms with Crippen LogP contribution in [0.5, 0.6) is 5.75 Å². The van der Waals surface area contributed by atoms with Crippen LogP contribution >= 0.6 is 0 Å². The van der Waals surface area contributed by atoms with Crippen LogP contribution in [0.4, 0.5) is 16.0 Å². The summed E-state index contributed by atoms with van der Waals surface area (Å²) in [5.41, 5.74) is 3.16. The summed E-state index contributed by atoms with van der Waals surface area (Å²) in [4.78, 5) is 59.7. The highest BCUT2D eigenvalue weighted by molar-refractivity contribution is 5.99. The highest BCUT2D eigenvalue weighted by Crippen LogP contribution is 2.35. The van der Waals surface area contributed by atoms with Crippen LogP contribution in [0.1, 0.15) is 83.2 Å². The number of nitrogens with zero attached hydrogens (tertiary/aromatic N) is 8. The molecule has 1 aliphatic carbocycles. The Labute approximate surface area is 347 Å². The zero-order valence-electron chi connectivity index (χ0n) is 33.4. The lowest BCUT2D eigenvalue weighted by Crippen LogP contribution is -2.55. The predicted molar refractivity (Wildman–Crippen MR) is 220 cm³/mol. The summed E-state index contributed by atoms with van der Waals surface area (Å²) >= 11 is 0. The number of halogens is 1. The van der Waals surface area contributed by atoms with Crippen LogP contribution in [0.3, 0.4) is 0 Å². The molecule has 2 aromatic heterocycles. The zero-order valence-corrected chi connectivity index (χ0v) is 33.4. The maximum Gasteiger partial charge on any atom is 0.255 e. The molecule has 6 heterocycles. The molecule has 3 saturated heterocycles. The third-order valence-electron chi connectivity index (χ3n) is 12.9. The average molecular weight is 817 g/mol. The maximum atomic E-state index is 15.4. The number of piperazine rings is 1. The van der Waals surface area contributed by atoms with Gasteiger partial charge in [-0.25, -0.2) is 14.4 Å². The summed E-state index contributed by atoms with van der Waals surface area (Å²) in [5.74, 6) is 0.717. The topological polar surface area (TPSA) is 180 Å². The Morgan fingerprint density at radius 3 is 2.45 bits per heavy atom. The number of piperidine rings is 2. The number of rotatable bonds is 9. The van der Waals surface area contributed by atoms with Gasteiger partial charge < -0.3 is 35.2 Å². The number of pyridine rings is 1. The number of amides is 3. The number of ether oxygens (including phenoxy) is 1. The van der Waals surface area contributed by atoms with Gasteiger partial charge in [-0.15, -0.1) is 0 Å². The van der Waals surface area contributed by atoms with Crippen LogP contribution in [0, 0.1) is 23.1 Å². The van der Waals surface area contributed by atoms with Gasteiger partial charge in [-0.05, 0) is 92.8 Å². The second-order valence-corrected chi connectivity index (χ2v) is 16.7. The monoisotopic (exact) mass is 816 g/mol. The Kier molecular flexibility index (Phi) is 11.2. The molecule has 4 aliphatic heterocycles. The van der Waals surface area contributed by atoms with Gasteiger partial charge in [-0.3, -0.25) is 24.3 Å². The third kappa shape index (κ3) is 8.16. The van der Waals surface area contributed by atoms with Gasteiger partial charge >= 0.3 is 0 Å². The normalized spacial score (nSPS) is 23.9. The van der Waals surface area contributed by atoms with Gasteiger partial charge in [0, 0.05) is 94.4 Å². The Morgan fingerprint density at radius 2 is 1.72 bits per heavy atom. The minimum absolute atomic E-state index is 0.0135. The summed E-state index contributed by atoms with van der Waals surface area (Å²) in [6.07, 6.45) is 9.56. The van der Waals surface area contributed by atoms with Crippen LogP contribution in [-0.4, -0.2) is 118 Å². The van der Waals surface area contributed by atoms with Crippen molar-refractivity contribution in [1.82, 2.24) is 35.4 Å². The molecule has 3 amide bonds. The van der Waals surface area contributed by atoms with Crippen molar-refractivity contribution in [2.75, 3.05) is 55.6 Å². The molecule has 16 heteroatoms. The van der Waals surface area contributed by atoms with Gasteiger partial charge in [0.15, 0.2) is 0 Å². The second-order valence-electron chi connectivity index (χ2n) is 16.7. The number of fused-ring (bicyclic) bond motifs is 2. The van der Waals surface area contributed by atoms with E-state index in [0.717, 1.165) is 87.9 Å². The molecule has 2 aromatic carbocycles. The number of hydrogen-bond acceptors (Lipinski definition) is 12. The first-order chi connectivity index (χ1) is 29.2. The SMILES string of the molecule is N#Cc1ccc(OC2CCC(NC(=O)c3cnc(N4CCC(CN5CCN(c6cc7c(cc6F)C(=O)N([C@H]6CCC(=O)NC6O)C7)CC5)CC4)nc3)CC2)c2cccnc12. The molecule has 312 valence electrons. The third-order valence-corrected chi connectivity index (χ3v) is 12.9. The summed E-state index contributed by atoms with van der Waals surface area (Å²) in [6.45, 7) is 5.89. The van der Waals surface area contributed by atoms with Crippen molar-refractivity contribution in [3.63, 3.8) is 0 Å². The van der Waals surface area contributed by atoms with Crippen molar-refractivity contribution < 1.29 is 28.6 Å². The van der Waals surface area contributed by atoms with E-state index >= 15 is 4.39 Å². The van der Waals surface area contributed by atoms with Gasteiger partial charge in [0.2, 0.25) is 11.9 Å². The lowest BCUT2D eigenvalue weighted by atomic mass is 9.92. The number of anilines is 2. The number of nitrogens with one attached hydrogen (secondary N) is 2. The Balaban J connectivity index is 0.701. The van der Waals surface area contributed by atoms with E-state index in [-0.39, 0.29) is 42.8 Å². The van der Waals surface area contributed by atoms with Gasteiger partial charge in [-0.2, -0.15) is 5.26 Å². The van der Waals surface area contributed by atoms with E-state index in [0.29, 0.717) is 59.3 Å². The molecule has 60 heavy (non-hydrogen) atoms. The Bertz CT molecular complexity index is 2300. The first-order valence-corrected chi connectivity index (χ1v) is 21.1. The molecule has 0 bridgehead atoms. The Hall–Kier alpha value is -5.92. The fourth-order valence-corrected chi connectivity index (χ4v) is 9.52. The minimum atomic E-state index is -1.14. The van der Waals surface area contributed by atoms with Crippen molar-refractivity contribution in [3.8, 4) is 11.8 Å². The standard InChI is InChI=1S/C44H49FN10O5/c45-35-21-34-29(26-55(43(34)59)36-8-10-39(56)51-42(36)58)20-37(35)53-18-16-52(17-19-53)25-27-11-14-54(15-12-27)44-48-23-30(24-49-44)41(57)50-31-4-6-32(7-5-31)60-38-9-3-28(22-46)40-33(38)2-1-13-47-40/h1-3,9,13,20-21,23-24,27,31-32,36,42,58H,4-8,10-12,14-19,25-26H2,(H,50,57)(H,51,56)/t31?,32?,36-,42?/m0/s1. The van der Waals surface area contributed by atoms with E-state index < -0.39 is 18.1 Å². The van der Waals surface area contributed by atoms with Crippen LogP contribution < -0.4 is 25.2 Å². The quantitative estimate of drug-likeness (QED) is 0.223. The lowest BCUT2D eigenvalue weighted by molar-refractivity contribution is -0.129. The van der Waals surface area contributed by atoms with Crippen molar-refractivity contribution in [2.24, 2.45) is 5.92 Å². The van der Waals surface area contributed by atoms with Crippen molar-refractivity contribution in [3.05, 3.63) is 83.1 Å². The lowest BCUT2D eigenvalue weighted by Gasteiger charge is -2.39. The van der Waals surface area contributed by atoms with Crippen molar-refractivity contribution in [1.29, 1.82) is 5.26 Å². The summed E-state index contributed by atoms with van der Waals surface area (Å²) in [6, 6.07) is 12.2. The van der Waals surface area contributed by atoms with Crippen molar-refractivity contribution in [2.45, 2.75) is 82.3 Å². The molecule has 0 radical (unpaired) electrons. The summed E-state index contributed by atoms with van der Waals surface area (Å²) < 4.78 is 21.8. The molecular formula is C44H49FN10O5. The molecule has 0 spiro atoms. The largest absolute Gasteiger partial charge is 0.490 e. The maximum absolute atomic E-state index is 15.4. The number of aliphatic hydroxyl groups excluding tert-OH is 1. The fourth-order valence-electron chi connectivity index (χ4n) is 9.52. The van der Waals surface area contributed by atoms with Gasteiger partial charge in [0.1, 0.15) is 23.9 Å². The summed E-state index contributed by atoms with van der Waals surface area (Å²) in [5, 5.41) is 26.3. The van der Waals surface area contributed by atoms with Crippen LogP contribution in [0.2, 0.25) is 0 Å². The Morgan fingerprint density at radius 1 is 0.950 bits per heavy atom. The molecular weight excluding hydrogens is 768 g/mol. The van der Waals surface area contributed by atoms with E-state index in [1.807, 2.05) is 18.2 Å². The van der Waals surface area contributed by atoms with E-state index in [1.54, 1.807) is 35.6 Å². The molecule has 4 fully saturated rings. The minimum Gasteiger partial charge on any atom is -0.490 e. The predicted octanol–water partition coefficient (Wildman–Crippen LogP) is 3.75. The number of aromatic nitrogens is 3. The molecule has 15 nitrogen and oxygen atoms in total. The molecule has 4 aromatic rings. The first-order valence-electron chi connectivity index (χ1n) is 21.1. The highest BCUT2D eigenvalue weighted by Gasteiger charge is 2.40. The van der Waals surface area contributed by atoms with E-state index in [2.05, 4.69) is 46.4 Å². The van der Waals surface area contributed by atoms with Crippen LogP contribution in [0.15, 0.2) is 55.0 Å². The van der Waals surface area contributed by atoms with Gasteiger partial charge in [0.25, 0.3) is 11.8 Å². The molecule has 3 N–H and O–H groups in total. The molecule has 9 rings (SSSR count). The van der Waals surface area contributed by atoms with Gasteiger partial charge in [0.05, 0.1) is 34.5 Å². The molecule has 1 unspecified atom stereocenters. The van der Waals surface area contributed by atoms with E-state index in [4.69, 9.17) is 4.74 Å². The number of carbonyl (C=O) groups is 3. The van der Waals surface area contributed by atoms with Gasteiger partial charge in [-0.1, -0.05) is 0 Å². The number of aliphatic hydroxyl groups is 1. The number of hydrogen-bond donors (Lipinski definition) is 3. The first kappa shape index (κ1) is 39.5. The second kappa shape index (κ2) is 17.0. The highest BCUT2D eigenvalue weighted by atomic mass is 19.1. The van der Waals surface area contributed by atoms with Crippen molar-refractivity contribution >= 4 is 40.3 Å². The van der Waals surface area contributed by atoms with Crippen LogP contribution in [0.25, 0.3) is 10.9 Å². The zero-order chi connectivity index (χ0) is 41.3. The fraction of sp³-hybridized carbons (Fsp3) is 0.477. The number of benzene rings is 2. The molecule has 2 atom stereocenters. The summed E-state index contributed by atoms with van der Waals surface area (Å²) in [7, 11) is 0. The van der Waals surface area contributed by atoms with E-state index in [9.17, 15) is 24.8 Å². The molecule has 1 saturated carbocycles. The smallest absolute Gasteiger partial charge is 0.255 e. The average Bonchev–Trinajstić information content (AvgIpc) is 3.58. The molecule has 5 aliphatic rings. The van der Waals surface area contributed by atoms with E-state index in [1.165, 1.54) is 6.07 Å².